The van der Waals surface area contributed by atoms with Gasteiger partial charge in [0.25, 0.3) is 0 Å². The summed E-state index contributed by atoms with van der Waals surface area (Å²) in [6, 6.07) is 10.6. The molecule has 0 atom stereocenters. The molecule has 0 bridgehead atoms. The Morgan fingerprint density at radius 1 is 1.27 bits per heavy atom. The SMILES string of the molecule is Cc1nsc(N2NNC3=C2CCN(Cc2ccccc2)C3)n1. The van der Waals surface area contributed by atoms with Crippen LogP contribution < -0.4 is 16.0 Å². The lowest BCUT2D eigenvalue weighted by atomic mass is 10.1. The molecule has 6 nitrogen and oxygen atoms in total. The average molecular weight is 314 g/mol. The Hall–Kier alpha value is -1.96. The van der Waals surface area contributed by atoms with Crippen molar-refractivity contribution in [3.05, 3.63) is 53.1 Å². The molecule has 0 unspecified atom stereocenters. The third-order valence-corrected chi connectivity index (χ3v) is 4.73. The number of hydrogen-bond acceptors (Lipinski definition) is 7. The standard InChI is InChI=1S/C15H18N6S/c1-11-16-15(22-18-11)21-14-7-8-20(10-13(14)17-19-21)9-12-5-3-2-4-6-12/h2-6,17,19H,7-10H2,1H3. The van der Waals surface area contributed by atoms with Crippen molar-refractivity contribution in [1.29, 1.82) is 0 Å². The van der Waals surface area contributed by atoms with E-state index < -0.39 is 0 Å². The summed E-state index contributed by atoms with van der Waals surface area (Å²) >= 11 is 1.42. The van der Waals surface area contributed by atoms with Crippen LogP contribution in [0.25, 0.3) is 0 Å². The predicted molar refractivity (Wildman–Crippen MR) is 86.8 cm³/mol. The second kappa shape index (κ2) is 5.68. The molecule has 0 amide bonds. The van der Waals surface area contributed by atoms with Crippen LogP contribution in [-0.2, 0) is 6.54 Å². The minimum absolute atomic E-state index is 0.817. The predicted octanol–water partition coefficient (Wildman–Crippen LogP) is 1.79. The molecule has 2 N–H and O–H groups in total. The normalized spacial score (nSPS) is 18.5. The lowest BCUT2D eigenvalue weighted by molar-refractivity contribution is 0.274. The fourth-order valence-corrected chi connectivity index (χ4v) is 3.54. The summed E-state index contributed by atoms with van der Waals surface area (Å²) in [5.41, 5.74) is 10.4. The van der Waals surface area contributed by atoms with E-state index in [1.54, 1.807) is 0 Å². The summed E-state index contributed by atoms with van der Waals surface area (Å²) in [6.45, 7) is 4.87. The maximum atomic E-state index is 4.45. The Morgan fingerprint density at radius 2 is 2.14 bits per heavy atom. The van der Waals surface area contributed by atoms with Gasteiger partial charge in [0.2, 0.25) is 5.13 Å². The van der Waals surface area contributed by atoms with Gasteiger partial charge in [0.1, 0.15) is 5.82 Å². The van der Waals surface area contributed by atoms with Crippen molar-refractivity contribution in [2.75, 3.05) is 18.1 Å². The van der Waals surface area contributed by atoms with Crippen LogP contribution >= 0.6 is 11.5 Å². The molecule has 2 aromatic rings. The molecule has 4 rings (SSSR count). The fraction of sp³-hybridized carbons (Fsp3) is 0.333. The zero-order valence-corrected chi connectivity index (χ0v) is 13.2. The molecule has 114 valence electrons. The van der Waals surface area contributed by atoms with Crippen molar-refractivity contribution in [1.82, 2.24) is 25.2 Å². The molecular formula is C15H18N6S. The Bertz CT molecular complexity index is 695. The van der Waals surface area contributed by atoms with E-state index in [1.165, 1.54) is 28.5 Å². The molecule has 1 aromatic carbocycles. The molecule has 0 saturated carbocycles. The van der Waals surface area contributed by atoms with E-state index in [1.807, 2.05) is 11.9 Å². The molecule has 2 aliphatic rings. The van der Waals surface area contributed by atoms with Gasteiger partial charge in [-0.25, -0.2) is 9.99 Å². The van der Waals surface area contributed by atoms with E-state index in [0.29, 0.717) is 0 Å². The lowest BCUT2D eigenvalue weighted by Crippen LogP contribution is -2.38. The lowest BCUT2D eigenvalue weighted by Gasteiger charge is -2.28. The van der Waals surface area contributed by atoms with Crippen molar-refractivity contribution < 1.29 is 0 Å². The zero-order chi connectivity index (χ0) is 14.9. The summed E-state index contributed by atoms with van der Waals surface area (Å²) in [6.07, 6.45) is 1.00. The van der Waals surface area contributed by atoms with Gasteiger partial charge in [-0.2, -0.15) is 4.37 Å². The summed E-state index contributed by atoms with van der Waals surface area (Å²) in [4.78, 5) is 6.91. The Morgan fingerprint density at radius 3 is 2.91 bits per heavy atom. The monoisotopic (exact) mass is 314 g/mol. The van der Waals surface area contributed by atoms with Crippen molar-refractivity contribution in [2.45, 2.75) is 19.9 Å². The van der Waals surface area contributed by atoms with E-state index in [9.17, 15) is 0 Å². The third kappa shape index (κ3) is 2.58. The third-order valence-electron chi connectivity index (χ3n) is 3.94. The summed E-state index contributed by atoms with van der Waals surface area (Å²) in [7, 11) is 0. The molecule has 7 heteroatoms. The first-order valence-corrected chi connectivity index (χ1v) is 8.17. The van der Waals surface area contributed by atoms with Gasteiger partial charge in [-0.05, 0) is 12.5 Å². The van der Waals surface area contributed by atoms with Crippen LogP contribution in [0.1, 0.15) is 17.8 Å². The van der Waals surface area contributed by atoms with E-state index >= 15 is 0 Å². The Kier molecular flexibility index (Phi) is 3.53. The van der Waals surface area contributed by atoms with Gasteiger partial charge in [-0.3, -0.25) is 4.90 Å². The van der Waals surface area contributed by atoms with Crippen LogP contribution in [0.15, 0.2) is 41.7 Å². The van der Waals surface area contributed by atoms with Crippen molar-refractivity contribution in [3.8, 4) is 0 Å². The molecule has 0 fully saturated rings. The van der Waals surface area contributed by atoms with Gasteiger partial charge in [-0.15, -0.1) is 5.53 Å². The van der Waals surface area contributed by atoms with Crippen LogP contribution in [0, 0.1) is 6.92 Å². The molecule has 0 radical (unpaired) electrons. The number of hydrogen-bond donors (Lipinski definition) is 2. The quantitative estimate of drug-likeness (QED) is 0.901. The molecule has 1 aromatic heterocycles. The largest absolute Gasteiger partial charge is 0.304 e. The van der Waals surface area contributed by atoms with Gasteiger partial charge in [-0.1, -0.05) is 30.3 Å². The van der Waals surface area contributed by atoms with Crippen LogP contribution in [0.4, 0.5) is 5.13 Å². The molecular weight excluding hydrogens is 296 g/mol. The minimum Gasteiger partial charge on any atom is -0.304 e. The number of aryl methyl sites for hydroxylation is 1. The Balaban J connectivity index is 1.48. The first-order valence-electron chi connectivity index (χ1n) is 7.40. The van der Waals surface area contributed by atoms with Crippen molar-refractivity contribution in [2.24, 2.45) is 0 Å². The summed E-state index contributed by atoms with van der Waals surface area (Å²) in [5, 5.41) is 2.92. The Labute approximate surface area is 133 Å². The number of hydrazine groups is 2. The number of nitrogens with zero attached hydrogens (tertiary/aromatic N) is 4. The highest BCUT2D eigenvalue weighted by Crippen LogP contribution is 2.28. The van der Waals surface area contributed by atoms with Gasteiger partial charge < -0.3 is 5.43 Å². The van der Waals surface area contributed by atoms with Crippen LogP contribution in [-0.4, -0.2) is 27.3 Å². The second-order valence-corrected chi connectivity index (χ2v) is 6.30. The highest BCUT2D eigenvalue weighted by atomic mass is 32.1. The molecule has 22 heavy (non-hydrogen) atoms. The first-order chi connectivity index (χ1) is 10.8. The first kappa shape index (κ1) is 13.7. The number of benzene rings is 1. The molecule has 0 saturated heterocycles. The van der Waals surface area contributed by atoms with E-state index in [0.717, 1.165) is 37.0 Å². The summed E-state index contributed by atoms with van der Waals surface area (Å²) < 4.78 is 4.26. The molecule has 2 aliphatic heterocycles. The smallest absolute Gasteiger partial charge is 0.225 e. The molecule has 3 heterocycles. The van der Waals surface area contributed by atoms with Gasteiger partial charge in [0.05, 0.1) is 11.4 Å². The number of anilines is 1. The minimum atomic E-state index is 0.817. The average Bonchev–Trinajstić information content (AvgIpc) is 3.14. The maximum Gasteiger partial charge on any atom is 0.225 e. The van der Waals surface area contributed by atoms with Crippen LogP contribution in [0.5, 0.6) is 0 Å². The van der Waals surface area contributed by atoms with Crippen LogP contribution in [0.2, 0.25) is 0 Å². The second-order valence-electron chi connectivity index (χ2n) is 5.57. The highest BCUT2D eigenvalue weighted by Gasteiger charge is 2.30. The maximum absolute atomic E-state index is 4.45. The molecule has 0 aliphatic carbocycles. The van der Waals surface area contributed by atoms with E-state index in [-0.39, 0.29) is 0 Å². The number of rotatable bonds is 3. The van der Waals surface area contributed by atoms with Crippen molar-refractivity contribution >= 4 is 16.7 Å². The van der Waals surface area contributed by atoms with Gasteiger partial charge in [0, 0.05) is 37.6 Å². The van der Waals surface area contributed by atoms with Gasteiger partial charge >= 0.3 is 0 Å². The fourth-order valence-electron chi connectivity index (χ4n) is 2.87. The van der Waals surface area contributed by atoms with E-state index in [2.05, 4.69) is 55.5 Å². The number of nitrogens with one attached hydrogen (secondary N) is 2. The van der Waals surface area contributed by atoms with Crippen LogP contribution in [0.3, 0.4) is 0 Å². The van der Waals surface area contributed by atoms with Crippen molar-refractivity contribution in [3.63, 3.8) is 0 Å². The highest BCUT2D eigenvalue weighted by molar-refractivity contribution is 7.09. The number of aromatic nitrogens is 2. The topological polar surface area (TPSA) is 56.3 Å². The summed E-state index contributed by atoms with van der Waals surface area (Å²) in [5.74, 6) is 0.817. The molecule has 0 spiro atoms. The van der Waals surface area contributed by atoms with E-state index in [4.69, 9.17) is 0 Å². The zero-order valence-electron chi connectivity index (χ0n) is 12.4. The van der Waals surface area contributed by atoms with Gasteiger partial charge in [0.15, 0.2) is 0 Å².